The lowest BCUT2D eigenvalue weighted by molar-refractivity contribution is -0.438. The van der Waals surface area contributed by atoms with E-state index in [1.165, 1.54) is 0 Å². The van der Waals surface area contributed by atoms with Gasteiger partial charge in [0, 0.05) is 25.2 Å². The highest BCUT2D eigenvalue weighted by atomic mass is 16.8. The van der Waals surface area contributed by atoms with Gasteiger partial charge in [-0.05, 0) is 64.4 Å². The number of carbonyl (C=O) groups excluding carboxylic acids is 2. The number of hydrogen-bond acceptors (Lipinski definition) is 8. The van der Waals surface area contributed by atoms with Crippen molar-refractivity contribution < 1.29 is 38.7 Å². The van der Waals surface area contributed by atoms with Crippen molar-refractivity contribution in [2.45, 2.75) is 119 Å². The lowest BCUT2D eigenvalue weighted by Crippen LogP contribution is -2.80. The van der Waals surface area contributed by atoms with E-state index in [1.807, 2.05) is 6.08 Å². The van der Waals surface area contributed by atoms with Gasteiger partial charge in [-0.2, -0.15) is 0 Å². The second kappa shape index (κ2) is 5.96. The molecule has 4 aliphatic carbocycles. The lowest BCUT2D eigenvalue weighted by Gasteiger charge is -2.67. The Balaban J connectivity index is 1.26. The highest BCUT2D eigenvalue weighted by Gasteiger charge is 2.87. The molecule has 2 N–H and O–H groups in total. The number of rotatable bonds is 1. The van der Waals surface area contributed by atoms with E-state index in [4.69, 9.17) is 18.9 Å². The summed E-state index contributed by atoms with van der Waals surface area (Å²) < 4.78 is 26.3. The molecule has 8 heteroatoms. The van der Waals surface area contributed by atoms with Crippen LogP contribution in [0.1, 0.15) is 72.6 Å². The van der Waals surface area contributed by atoms with E-state index in [1.54, 1.807) is 19.9 Å². The first-order chi connectivity index (χ1) is 16.8. The monoisotopic (exact) mass is 500 g/mol. The summed E-state index contributed by atoms with van der Waals surface area (Å²) in [5.74, 6) is -1.42. The third-order valence-corrected chi connectivity index (χ3v) is 12.8. The lowest BCUT2D eigenvalue weighted by atomic mass is 9.45. The minimum Gasteiger partial charge on any atom is -0.458 e. The Labute approximate surface area is 210 Å². The SMILES string of the molecule is C[C@@H]1CC[C@H]2[C@H]3[C@@H](O[C@]4([C@]5(O)C[C@@]6(C)C(=O)O[C@@H]5C[C@@]6(C)O)CC[C@@]31O4)[C@H]1O[C@]13CC=CC(=O)[C@]23C. The molecule has 9 rings (SSSR count). The number of carbonyl (C=O) groups is 2. The van der Waals surface area contributed by atoms with Gasteiger partial charge in [-0.25, -0.2) is 0 Å². The second-order valence-electron chi connectivity index (χ2n) is 13.9. The van der Waals surface area contributed by atoms with Crippen LogP contribution >= 0.6 is 0 Å². The molecule has 0 aromatic heterocycles. The van der Waals surface area contributed by atoms with Crippen LogP contribution in [0.5, 0.6) is 0 Å². The number of aliphatic hydroxyl groups is 2. The van der Waals surface area contributed by atoms with Crippen LogP contribution in [0.2, 0.25) is 0 Å². The summed E-state index contributed by atoms with van der Waals surface area (Å²) in [6, 6.07) is 0. The third-order valence-electron chi connectivity index (χ3n) is 12.8. The first-order valence-electron chi connectivity index (χ1n) is 13.7. The third kappa shape index (κ3) is 2.01. The standard InChI is InChI=1S/C28H36O8/c1-14-7-8-15-18-19(20-27(35-20)9-5-6-16(29)24(15,27)4)34-28(11-10-25(14,18)36-28)26(32)13-22(2)21(30)33-17(26)12-23(22,3)31/h5-6,14-15,17-20,31-32H,7-13H2,1-4H3/t14-,15+,17-,18+,19-,20-,22+,23-,24+,25+,26+,27-,28-/m1/s1. The molecule has 13 atom stereocenters. The Morgan fingerprint density at radius 1 is 1.06 bits per heavy atom. The molecular formula is C28H36O8. The second-order valence-corrected chi connectivity index (χ2v) is 13.9. The van der Waals surface area contributed by atoms with Gasteiger partial charge in [0.25, 0.3) is 0 Å². The molecule has 5 aliphatic heterocycles. The minimum atomic E-state index is -1.59. The molecular weight excluding hydrogens is 464 g/mol. The average Bonchev–Trinajstić information content (AvgIpc) is 3.46. The maximum atomic E-state index is 13.5. The molecule has 0 radical (unpaired) electrons. The first kappa shape index (κ1) is 22.6. The van der Waals surface area contributed by atoms with Crippen LogP contribution in [0.25, 0.3) is 0 Å². The highest BCUT2D eigenvalue weighted by Crippen LogP contribution is 2.75. The van der Waals surface area contributed by atoms with Crippen molar-refractivity contribution >= 4 is 11.8 Å². The summed E-state index contributed by atoms with van der Waals surface area (Å²) in [6.45, 7) is 7.64. The van der Waals surface area contributed by atoms with Crippen LogP contribution in [0.3, 0.4) is 0 Å². The highest BCUT2D eigenvalue weighted by molar-refractivity contribution is 5.98. The van der Waals surface area contributed by atoms with Gasteiger partial charge in [-0.1, -0.05) is 13.0 Å². The average molecular weight is 501 g/mol. The molecule has 9 aliphatic rings. The number of hydrogen-bond donors (Lipinski definition) is 2. The van der Waals surface area contributed by atoms with Crippen molar-refractivity contribution in [3.63, 3.8) is 0 Å². The summed E-state index contributed by atoms with van der Waals surface area (Å²) >= 11 is 0. The van der Waals surface area contributed by atoms with Gasteiger partial charge in [0.2, 0.25) is 5.79 Å². The quantitative estimate of drug-likeness (QED) is 0.416. The Morgan fingerprint density at radius 3 is 2.58 bits per heavy atom. The molecule has 196 valence electrons. The van der Waals surface area contributed by atoms with Crippen LogP contribution in [0.15, 0.2) is 12.2 Å². The Bertz CT molecular complexity index is 1150. The van der Waals surface area contributed by atoms with Gasteiger partial charge < -0.3 is 29.2 Å². The molecule has 5 heterocycles. The maximum Gasteiger partial charge on any atom is 0.315 e. The summed E-state index contributed by atoms with van der Waals surface area (Å²) in [7, 11) is 0. The van der Waals surface area contributed by atoms with Crippen LogP contribution in [-0.2, 0) is 28.5 Å². The predicted molar refractivity (Wildman–Crippen MR) is 123 cm³/mol. The van der Waals surface area contributed by atoms with E-state index < -0.39 is 51.1 Å². The van der Waals surface area contributed by atoms with Gasteiger partial charge in [-0.3, -0.25) is 9.59 Å². The van der Waals surface area contributed by atoms with Crippen LogP contribution in [-0.4, -0.2) is 68.5 Å². The summed E-state index contributed by atoms with van der Waals surface area (Å²) in [4.78, 5) is 26.3. The van der Waals surface area contributed by atoms with Gasteiger partial charge >= 0.3 is 5.97 Å². The fourth-order valence-corrected chi connectivity index (χ4v) is 10.3. The smallest absolute Gasteiger partial charge is 0.315 e. The molecule has 0 aromatic carbocycles. The first-order valence-corrected chi connectivity index (χ1v) is 13.7. The zero-order valence-electron chi connectivity index (χ0n) is 21.4. The van der Waals surface area contributed by atoms with Crippen molar-refractivity contribution in [2.75, 3.05) is 0 Å². The topological polar surface area (TPSA) is 115 Å². The molecule has 3 saturated carbocycles. The molecule has 8 fully saturated rings. The number of allylic oxidation sites excluding steroid dienone is 1. The van der Waals surface area contributed by atoms with Crippen molar-refractivity contribution in [3.05, 3.63) is 12.2 Å². The van der Waals surface area contributed by atoms with Crippen molar-refractivity contribution in [2.24, 2.45) is 28.6 Å². The zero-order valence-corrected chi connectivity index (χ0v) is 21.4. The molecule has 5 saturated heterocycles. The predicted octanol–water partition coefficient (Wildman–Crippen LogP) is 2.19. The molecule has 0 amide bonds. The Hall–Kier alpha value is -1.32. The number of esters is 1. The molecule has 2 spiro atoms. The largest absolute Gasteiger partial charge is 0.458 e. The molecule has 36 heavy (non-hydrogen) atoms. The van der Waals surface area contributed by atoms with E-state index in [0.29, 0.717) is 19.3 Å². The Morgan fingerprint density at radius 2 is 1.83 bits per heavy atom. The van der Waals surface area contributed by atoms with Crippen LogP contribution in [0.4, 0.5) is 0 Å². The van der Waals surface area contributed by atoms with E-state index in [0.717, 1.165) is 12.8 Å². The van der Waals surface area contributed by atoms with Crippen molar-refractivity contribution in [1.82, 2.24) is 0 Å². The summed E-state index contributed by atoms with van der Waals surface area (Å²) in [5.41, 5.74) is -5.89. The van der Waals surface area contributed by atoms with Crippen molar-refractivity contribution in [3.8, 4) is 0 Å². The van der Waals surface area contributed by atoms with Gasteiger partial charge in [-0.15, -0.1) is 0 Å². The zero-order chi connectivity index (χ0) is 25.3. The minimum absolute atomic E-state index is 0.0106. The van der Waals surface area contributed by atoms with E-state index in [2.05, 4.69) is 13.8 Å². The van der Waals surface area contributed by atoms with Crippen LogP contribution < -0.4 is 0 Å². The van der Waals surface area contributed by atoms with E-state index >= 15 is 0 Å². The summed E-state index contributed by atoms with van der Waals surface area (Å²) in [5, 5.41) is 23.6. The van der Waals surface area contributed by atoms with Gasteiger partial charge in [0.1, 0.15) is 17.8 Å². The van der Waals surface area contributed by atoms with E-state index in [9.17, 15) is 19.8 Å². The number of fused-ring (bicyclic) bond motifs is 7. The Kier molecular flexibility index (Phi) is 3.75. The van der Waals surface area contributed by atoms with E-state index in [-0.39, 0.29) is 48.6 Å². The maximum absolute atomic E-state index is 13.5. The number of epoxide rings is 1. The van der Waals surface area contributed by atoms with Crippen molar-refractivity contribution in [1.29, 1.82) is 0 Å². The number of ketones is 1. The van der Waals surface area contributed by atoms with Gasteiger partial charge in [0.15, 0.2) is 11.4 Å². The van der Waals surface area contributed by atoms with Crippen LogP contribution in [0, 0.1) is 28.6 Å². The number of ether oxygens (including phenoxy) is 4. The summed E-state index contributed by atoms with van der Waals surface area (Å²) in [6.07, 6.45) is 6.05. The van der Waals surface area contributed by atoms with Gasteiger partial charge in [0.05, 0.1) is 28.1 Å². The molecule has 8 nitrogen and oxygen atoms in total. The molecule has 0 unspecified atom stereocenters. The molecule has 4 bridgehead atoms. The fraction of sp³-hybridized carbons (Fsp3) is 0.857. The fourth-order valence-electron chi connectivity index (χ4n) is 10.3. The normalized spacial score (nSPS) is 65.9. The molecule has 0 aromatic rings.